The first kappa shape index (κ1) is 17.3. The maximum absolute atomic E-state index is 11.0. The molecular formula is C18H26O3. The van der Waals surface area contributed by atoms with Gasteiger partial charge in [0.2, 0.25) is 0 Å². The van der Waals surface area contributed by atoms with Gasteiger partial charge in [0.1, 0.15) is 5.75 Å². The molecule has 0 heterocycles. The molecule has 0 radical (unpaired) electrons. The van der Waals surface area contributed by atoms with Crippen LogP contribution < -0.4 is 4.74 Å². The summed E-state index contributed by atoms with van der Waals surface area (Å²) in [7, 11) is 1.66. The first-order valence-electron chi connectivity index (χ1n) is 7.68. The summed E-state index contributed by atoms with van der Waals surface area (Å²) < 4.78 is 5.38. The fourth-order valence-corrected chi connectivity index (χ4v) is 2.38. The third-order valence-electron chi connectivity index (χ3n) is 3.66. The highest BCUT2D eigenvalue weighted by atomic mass is 16.5. The maximum atomic E-state index is 11.0. The lowest BCUT2D eigenvalue weighted by atomic mass is 9.91. The summed E-state index contributed by atoms with van der Waals surface area (Å²) in [5.74, 6) is 0.130. The molecule has 0 aliphatic rings. The van der Waals surface area contributed by atoms with E-state index in [1.165, 1.54) is 12.8 Å². The van der Waals surface area contributed by atoms with E-state index in [0.717, 1.165) is 29.7 Å². The first-order valence-corrected chi connectivity index (χ1v) is 7.68. The fourth-order valence-electron chi connectivity index (χ4n) is 2.38. The second-order valence-electron chi connectivity index (χ2n) is 5.25. The number of rotatable bonds is 9. The van der Waals surface area contributed by atoms with Crippen LogP contribution in [0, 0.1) is 0 Å². The van der Waals surface area contributed by atoms with Gasteiger partial charge in [-0.25, -0.2) is 0 Å². The Morgan fingerprint density at radius 3 is 2.71 bits per heavy atom. The molecule has 0 saturated carbocycles. The highest BCUT2D eigenvalue weighted by molar-refractivity contribution is 5.68. The zero-order chi connectivity index (χ0) is 15.7. The van der Waals surface area contributed by atoms with E-state index >= 15 is 0 Å². The molecule has 3 heteroatoms. The number of ether oxygens (including phenoxy) is 1. The third kappa shape index (κ3) is 5.62. The van der Waals surface area contributed by atoms with E-state index in [1.807, 2.05) is 19.1 Å². The molecule has 0 bridgehead atoms. The molecule has 0 aliphatic carbocycles. The van der Waals surface area contributed by atoms with E-state index < -0.39 is 5.97 Å². The van der Waals surface area contributed by atoms with Crippen molar-refractivity contribution in [3.8, 4) is 5.75 Å². The molecule has 0 aliphatic heterocycles. The molecule has 0 saturated heterocycles. The molecule has 1 unspecified atom stereocenters. The quantitative estimate of drug-likeness (QED) is 0.660. The minimum atomic E-state index is -0.752. The molecule has 1 atom stereocenters. The van der Waals surface area contributed by atoms with Crippen molar-refractivity contribution in [2.24, 2.45) is 0 Å². The van der Waals surface area contributed by atoms with Gasteiger partial charge in [0, 0.05) is 5.56 Å². The first-order chi connectivity index (χ1) is 10.1. The molecule has 3 nitrogen and oxygen atoms in total. The van der Waals surface area contributed by atoms with Gasteiger partial charge in [-0.15, -0.1) is 0 Å². The number of allylic oxidation sites excluding steroid dienone is 1. The number of carboxylic acid groups (broad SMARTS) is 1. The summed E-state index contributed by atoms with van der Waals surface area (Å²) in [6.07, 6.45) is 8.62. The van der Waals surface area contributed by atoms with Crippen LogP contribution in [0.4, 0.5) is 0 Å². The molecule has 116 valence electrons. The minimum absolute atomic E-state index is 0.0520. The van der Waals surface area contributed by atoms with Crippen LogP contribution in [-0.2, 0) is 4.79 Å². The summed E-state index contributed by atoms with van der Waals surface area (Å²) in [4.78, 5) is 11.0. The molecule has 1 aromatic carbocycles. The van der Waals surface area contributed by atoms with E-state index in [-0.39, 0.29) is 12.3 Å². The average molecular weight is 290 g/mol. The van der Waals surface area contributed by atoms with E-state index in [0.29, 0.717) is 0 Å². The number of hydrogen-bond donors (Lipinski definition) is 1. The van der Waals surface area contributed by atoms with Gasteiger partial charge in [-0.05, 0) is 36.5 Å². The van der Waals surface area contributed by atoms with Crippen molar-refractivity contribution >= 4 is 12.0 Å². The second kappa shape index (κ2) is 9.22. The lowest BCUT2D eigenvalue weighted by Crippen LogP contribution is -2.05. The van der Waals surface area contributed by atoms with Crippen LogP contribution >= 0.6 is 0 Å². The summed E-state index contributed by atoms with van der Waals surface area (Å²) in [5.41, 5.74) is 2.09. The van der Waals surface area contributed by atoms with Gasteiger partial charge in [-0.2, -0.15) is 0 Å². The Hall–Kier alpha value is -1.77. The monoisotopic (exact) mass is 290 g/mol. The van der Waals surface area contributed by atoms with Crippen LogP contribution in [0.3, 0.4) is 0 Å². The Labute approximate surface area is 127 Å². The van der Waals surface area contributed by atoms with Gasteiger partial charge in [-0.3, -0.25) is 4.79 Å². The van der Waals surface area contributed by atoms with E-state index in [4.69, 9.17) is 9.84 Å². The third-order valence-corrected chi connectivity index (χ3v) is 3.66. The summed E-state index contributed by atoms with van der Waals surface area (Å²) >= 11 is 0. The zero-order valence-electron chi connectivity index (χ0n) is 13.3. The number of unbranched alkanes of at least 4 members (excludes halogenated alkanes) is 2. The Kier molecular flexibility index (Phi) is 7.59. The normalized spacial score (nSPS) is 12.5. The SMILES string of the molecule is CCCCC=Cc1cc(C(CC)CC(=O)O)ccc1OC. The molecular weight excluding hydrogens is 264 g/mol. The van der Waals surface area contributed by atoms with Gasteiger partial charge in [0.05, 0.1) is 13.5 Å². The van der Waals surface area contributed by atoms with Crippen LogP contribution in [0.5, 0.6) is 5.75 Å². The number of aliphatic carboxylic acids is 1. The van der Waals surface area contributed by atoms with Crippen molar-refractivity contribution in [1.82, 2.24) is 0 Å². The largest absolute Gasteiger partial charge is 0.496 e. The van der Waals surface area contributed by atoms with Gasteiger partial charge in [0.15, 0.2) is 0 Å². The Balaban J connectivity index is 2.97. The highest BCUT2D eigenvalue weighted by Gasteiger charge is 2.15. The lowest BCUT2D eigenvalue weighted by Gasteiger charge is -2.15. The molecule has 1 aromatic rings. The van der Waals surface area contributed by atoms with E-state index in [2.05, 4.69) is 25.1 Å². The maximum Gasteiger partial charge on any atom is 0.303 e. The molecule has 1 rings (SSSR count). The van der Waals surface area contributed by atoms with Crippen molar-refractivity contribution in [2.75, 3.05) is 7.11 Å². The Bertz CT molecular complexity index is 477. The van der Waals surface area contributed by atoms with Gasteiger partial charge < -0.3 is 9.84 Å². The van der Waals surface area contributed by atoms with Crippen molar-refractivity contribution in [2.45, 2.75) is 51.9 Å². The van der Waals surface area contributed by atoms with Gasteiger partial charge in [-0.1, -0.05) is 44.9 Å². The van der Waals surface area contributed by atoms with Crippen molar-refractivity contribution in [3.63, 3.8) is 0 Å². The molecule has 0 fully saturated rings. The van der Waals surface area contributed by atoms with Crippen LogP contribution in [-0.4, -0.2) is 18.2 Å². The number of methoxy groups -OCH3 is 1. The zero-order valence-corrected chi connectivity index (χ0v) is 13.3. The number of carbonyl (C=O) groups is 1. The van der Waals surface area contributed by atoms with Crippen molar-refractivity contribution in [3.05, 3.63) is 35.4 Å². The van der Waals surface area contributed by atoms with Crippen molar-refractivity contribution < 1.29 is 14.6 Å². The Morgan fingerprint density at radius 1 is 1.38 bits per heavy atom. The predicted octanol–water partition coefficient (Wildman–Crippen LogP) is 4.87. The summed E-state index contributed by atoms with van der Waals surface area (Å²) in [5, 5.41) is 9.01. The van der Waals surface area contributed by atoms with Gasteiger partial charge >= 0.3 is 5.97 Å². The number of benzene rings is 1. The predicted molar refractivity (Wildman–Crippen MR) is 86.8 cm³/mol. The second-order valence-corrected chi connectivity index (χ2v) is 5.25. The van der Waals surface area contributed by atoms with Crippen LogP contribution in [0.15, 0.2) is 24.3 Å². The average Bonchev–Trinajstić information content (AvgIpc) is 2.48. The standard InChI is InChI=1S/C18H26O3/c1-4-6-7-8-9-16-12-15(10-11-17(16)21-3)14(5-2)13-18(19)20/h8-12,14H,4-7,13H2,1-3H3,(H,19,20). The number of hydrogen-bond acceptors (Lipinski definition) is 2. The molecule has 21 heavy (non-hydrogen) atoms. The minimum Gasteiger partial charge on any atom is -0.496 e. The topological polar surface area (TPSA) is 46.5 Å². The van der Waals surface area contributed by atoms with Crippen LogP contribution in [0.2, 0.25) is 0 Å². The lowest BCUT2D eigenvalue weighted by molar-refractivity contribution is -0.137. The van der Waals surface area contributed by atoms with Gasteiger partial charge in [0.25, 0.3) is 0 Å². The number of carboxylic acids is 1. The van der Waals surface area contributed by atoms with Crippen LogP contribution in [0.1, 0.15) is 63.0 Å². The van der Waals surface area contributed by atoms with Crippen LogP contribution in [0.25, 0.3) is 6.08 Å². The summed E-state index contributed by atoms with van der Waals surface area (Å²) in [6, 6.07) is 5.96. The molecule has 1 N–H and O–H groups in total. The summed E-state index contributed by atoms with van der Waals surface area (Å²) in [6.45, 7) is 4.20. The van der Waals surface area contributed by atoms with E-state index in [1.54, 1.807) is 7.11 Å². The molecule has 0 aromatic heterocycles. The molecule has 0 amide bonds. The highest BCUT2D eigenvalue weighted by Crippen LogP contribution is 2.29. The Morgan fingerprint density at radius 2 is 2.14 bits per heavy atom. The molecule has 0 spiro atoms. The van der Waals surface area contributed by atoms with E-state index in [9.17, 15) is 4.79 Å². The fraction of sp³-hybridized carbons (Fsp3) is 0.500. The van der Waals surface area contributed by atoms with Crippen molar-refractivity contribution in [1.29, 1.82) is 0 Å². The smallest absolute Gasteiger partial charge is 0.303 e.